The number of hydrogen-bond donors (Lipinski definition) is 1. The Hall–Kier alpha value is -4.40. The molecule has 5 rings (SSSR count). The third-order valence-electron chi connectivity index (χ3n) is 5.54. The monoisotopic (exact) mass is 561 g/mol. The summed E-state index contributed by atoms with van der Waals surface area (Å²) in [6.07, 6.45) is -4.04. The van der Waals surface area contributed by atoms with Gasteiger partial charge in [-0.2, -0.15) is 5.10 Å². The first-order valence-corrected chi connectivity index (χ1v) is 12.3. The van der Waals surface area contributed by atoms with Crippen molar-refractivity contribution in [2.24, 2.45) is 0 Å². The lowest BCUT2D eigenvalue weighted by atomic mass is 10.1. The van der Waals surface area contributed by atoms with E-state index in [2.05, 4.69) is 35.4 Å². The molecule has 1 amide bonds. The summed E-state index contributed by atoms with van der Waals surface area (Å²) in [4.78, 5) is 18.4. The highest BCUT2D eigenvalue weighted by Crippen LogP contribution is 2.29. The van der Waals surface area contributed by atoms with Crippen LogP contribution >= 0.6 is 11.3 Å². The van der Waals surface area contributed by atoms with Crippen LogP contribution in [0.25, 0.3) is 11.1 Å². The molecular weight excluding hydrogens is 542 g/mol. The highest BCUT2D eigenvalue weighted by atomic mass is 32.1. The number of anilines is 2. The molecule has 39 heavy (non-hydrogen) atoms. The summed E-state index contributed by atoms with van der Waals surface area (Å²) in [6.45, 7) is 0.339. The molecule has 0 unspecified atom stereocenters. The third kappa shape index (κ3) is 6.93. The van der Waals surface area contributed by atoms with E-state index in [0.717, 1.165) is 11.3 Å². The van der Waals surface area contributed by atoms with Crippen LogP contribution in [0.2, 0.25) is 0 Å². The SMILES string of the molecule is O=C(Cc1cc(-c2cccc(OC(F)(F)F)c2)ccn1)Nc1nnc(O[C@H]2CN(c3cccnn3)C[C@@H]2F)s1. The molecule has 2 atom stereocenters. The Balaban J connectivity index is 1.17. The normalized spacial score (nSPS) is 17.2. The van der Waals surface area contributed by atoms with E-state index >= 15 is 0 Å². The van der Waals surface area contributed by atoms with Crippen molar-refractivity contribution in [1.82, 2.24) is 25.4 Å². The number of nitrogens with one attached hydrogen (secondary N) is 1. The van der Waals surface area contributed by atoms with Crippen LogP contribution in [0.15, 0.2) is 60.9 Å². The van der Waals surface area contributed by atoms with Gasteiger partial charge in [0.2, 0.25) is 11.0 Å². The van der Waals surface area contributed by atoms with E-state index in [1.54, 1.807) is 35.2 Å². The molecular formula is C24H19F4N7O3S. The molecule has 0 saturated carbocycles. The van der Waals surface area contributed by atoms with Gasteiger partial charge < -0.3 is 19.7 Å². The lowest BCUT2D eigenvalue weighted by molar-refractivity contribution is -0.274. The van der Waals surface area contributed by atoms with Crippen molar-refractivity contribution in [2.45, 2.75) is 25.1 Å². The minimum Gasteiger partial charge on any atom is -0.461 e. The van der Waals surface area contributed by atoms with Gasteiger partial charge in [0.1, 0.15) is 5.75 Å². The van der Waals surface area contributed by atoms with Crippen LogP contribution in [-0.4, -0.2) is 63.0 Å². The zero-order valence-electron chi connectivity index (χ0n) is 19.9. The van der Waals surface area contributed by atoms with Gasteiger partial charge in [0, 0.05) is 12.4 Å². The molecule has 1 aliphatic heterocycles. The van der Waals surface area contributed by atoms with Gasteiger partial charge in [-0.25, -0.2) is 4.39 Å². The minimum atomic E-state index is -4.81. The van der Waals surface area contributed by atoms with Crippen molar-refractivity contribution >= 4 is 28.2 Å². The fraction of sp³-hybridized carbons (Fsp3) is 0.250. The van der Waals surface area contributed by atoms with Crippen LogP contribution in [0.1, 0.15) is 5.69 Å². The second kappa shape index (κ2) is 11.1. The lowest BCUT2D eigenvalue weighted by Crippen LogP contribution is -2.27. The first kappa shape index (κ1) is 26.2. The highest BCUT2D eigenvalue weighted by molar-refractivity contribution is 7.17. The van der Waals surface area contributed by atoms with Gasteiger partial charge in [-0.05, 0) is 58.9 Å². The van der Waals surface area contributed by atoms with Gasteiger partial charge >= 0.3 is 6.36 Å². The number of pyridine rings is 1. The maximum absolute atomic E-state index is 14.5. The number of carbonyl (C=O) groups is 1. The number of rotatable bonds is 8. The van der Waals surface area contributed by atoms with Gasteiger partial charge in [0.25, 0.3) is 5.19 Å². The highest BCUT2D eigenvalue weighted by Gasteiger charge is 2.36. The Labute approximate surface area is 222 Å². The molecule has 0 radical (unpaired) electrons. The molecule has 0 spiro atoms. The Morgan fingerprint density at radius 1 is 1.05 bits per heavy atom. The molecule has 1 N–H and O–H groups in total. The zero-order valence-corrected chi connectivity index (χ0v) is 20.7. The maximum atomic E-state index is 14.5. The predicted molar refractivity (Wildman–Crippen MR) is 132 cm³/mol. The van der Waals surface area contributed by atoms with Gasteiger partial charge in [-0.1, -0.05) is 17.2 Å². The summed E-state index contributed by atoms with van der Waals surface area (Å²) < 4.78 is 61.8. The largest absolute Gasteiger partial charge is 0.573 e. The first-order valence-electron chi connectivity index (χ1n) is 11.5. The van der Waals surface area contributed by atoms with Crippen LogP contribution in [0.3, 0.4) is 0 Å². The summed E-state index contributed by atoms with van der Waals surface area (Å²) in [7, 11) is 0. The van der Waals surface area contributed by atoms with Crippen LogP contribution in [0.5, 0.6) is 10.9 Å². The van der Waals surface area contributed by atoms with Crippen LogP contribution in [0, 0.1) is 0 Å². The summed E-state index contributed by atoms with van der Waals surface area (Å²) in [5.74, 6) is -0.269. The Bertz CT molecular complexity index is 1440. The quantitative estimate of drug-likeness (QED) is 0.318. The molecule has 1 fully saturated rings. The average Bonchev–Trinajstić information content (AvgIpc) is 3.49. The van der Waals surface area contributed by atoms with E-state index in [0.29, 0.717) is 22.6 Å². The fourth-order valence-electron chi connectivity index (χ4n) is 3.89. The van der Waals surface area contributed by atoms with E-state index < -0.39 is 24.5 Å². The van der Waals surface area contributed by atoms with Crippen molar-refractivity contribution in [3.8, 4) is 22.1 Å². The first-order chi connectivity index (χ1) is 18.7. The van der Waals surface area contributed by atoms with E-state index in [1.807, 2.05) is 0 Å². The van der Waals surface area contributed by atoms with Crippen molar-refractivity contribution in [3.05, 3.63) is 66.6 Å². The van der Waals surface area contributed by atoms with Crippen molar-refractivity contribution in [1.29, 1.82) is 0 Å². The Morgan fingerprint density at radius 2 is 1.90 bits per heavy atom. The van der Waals surface area contributed by atoms with Crippen LogP contribution in [-0.2, 0) is 11.2 Å². The molecule has 0 bridgehead atoms. The molecule has 1 aromatic carbocycles. The Morgan fingerprint density at radius 3 is 2.69 bits per heavy atom. The average molecular weight is 562 g/mol. The third-order valence-corrected chi connectivity index (χ3v) is 6.27. The van der Waals surface area contributed by atoms with Crippen LogP contribution < -0.4 is 19.7 Å². The fourth-order valence-corrected chi connectivity index (χ4v) is 4.55. The summed E-state index contributed by atoms with van der Waals surface area (Å²) in [5.41, 5.74) is 1.39. The second-order valence-corrected chi connectivity index (χ2v) is 9.31. The smallest absolute Gasteiger partial charge is 0.461 e. The molecule has 4 aromatic rings. The van der Waals surface area contributed by atoms with E-state index in [4.69, 9.17) is 4.74 Å². The van der Waals surface area contributed by atoms with Gasteiger partial charge in [0.15, 0.2) is 18.1 Å². The summed E-state index contributed by atoms with van der Waals surface area (Å²) in [5, 5.41) is 18.4. The van der Waals surface area contributed by atoms with Gasteiger partial charge in [0.05, 0.1) is 25.2 Å². The number of benzene rings is 1. The molecule has 1 aliphatic rings. The summed E-state index contributed by atoms with van der Waals surface area (Å²) in [6, 6.07) is 12.1. The molecule has 0 aliphatic carbocycles. The second-order valence-electron chi connectivity index (χ2n) is 8.37. The molecule has 202 valence electrons. The number of halogens is 4. The number of nitrogens with zero attached hydrogens (tertiary/aromatic N) is 6. The van der Waals surface area contributed by atoms with Crippen LogP contribution in [0.4, 0.5) is 28.5 Å². The molecule has 10 nitrogen and oxygen atoms in total. The number of hydrogen-bond acceptors (Lipinski definition) is 10. The Kier molecular flexibility index (Phi) is 7.49. The number of amides is 1. The summed E-state index contributed by atoms with van der Waals surface area (Å²) >= 11 is 0.948. The van der Waals surface area contributed by atoms with Crippen molar-refractivity contribution in [2.75, 3.05) is 23.3 Å². The van der Waals surface area contributed by atoms with Crippen molar-refractivity contribution < 1.29 is 31.8 Å². The number of alkyl halides is 4. The zero-order chi connectivity index (χ0) is 27.4. The standard InChI is InChI=1S/C24H19F4N7O3S/c25-18-12-35(20-5-2-7-30-32-20)13-19(18)37-23-34-33-22(39-23)31-21(36)11-16-9-15(6-8-29-16)14-3-1-4-17(10-14)38-24(26,27)28/h1-10,18-19H,11-13H2,(H,31,33,36)/t18-,19-/m0/s1. The number of carbonyl (C=O) groups excluding carboxylic acids is 1. The minimum absolute atomic E-state index is 0.0947. The lowest BCUT2D eigenvalue weighted by Gasteiger charge is -2.15. The molecule has 3 aromatic heterocycles. The molecule has 15 heteroatoms. The maximum Gasteiger partial charge on any atom is 0.573 e. The molecule has 1 saturated heterocycles. The van der Waals surface area contributed by atoms with Crippen molar-refractivity contribution in [3.63, 3.8) is 0 Å². The van der Waals surface area contributed by atoms with E-state index in [9.17, 15) is 22.4 Å². The van der Waals surface area contributed by atoms with E-state index in [1.165, 1.54) is 30.6 Å². The van der Waals surface area contributed by atoms with Gasteiger partial charge in [-0.15, -0.1) is 23.4 Å². The topological polar surface area (TPSA) is 115 Å². The molecule has 4 heterocycles. The van der Waals surface area contributed by atoms with Gasteiger partial charge in [-0.3, -0.25) is 9.78 Å². The predicted octanol–water partition coefficient (Wildman–Crippen LogP) is 4.08. The number of ether oxygens (including phenoxy) is 2. The van der Waals surface area contributed by atoms with E-state index in [-0.39, 0.29) is 35.6 Å². The number of aromatic nitrogens is 5.